The van der Waals surface area contributed by atoms with Crippen LogP contribution in [0.1, 0.15) is 103 Å². The van der Waals surface area contributed by atoms with Crippen molar-refractivity contribution in [2.75, 3.05) is 0 Å². The van der Waals surface area contributed by atoms with Crippen molar-refractivity contribution in [3.05, 3.63) is 155 Å². The maximum atomic E-state index is 5.50. The molecule has 0 fully saturated rings. The van der Waals surface area contributed by atoms with Crippen molar-refractivity contribution in [3.63, 3.8) is 0 Å². The van der Waals surface area contributed by atoms with E-state index in [9.17, 15) is 0 Å². The number of benzene rings is 4. The Morgan fingerprint density at radius 3 is 2.10 bits per heavy atom. The predicted octanol–water partition coefficient (Wildman–Crippen LogP) is 13.9. The molecule has 1 aromatic heterocycles. The summed E-state index contributed by atoms with van der Waals surface area (Å²) in [4.78, 5) is 0. The summed E-state index contributed by atoms with van der Waals surface area (Å²) >= 11 is 0. The molecule has 0 saturated carbocycles. The normalized spacial score (nSPS) is 13.4. The van der Waals surface area contributed by atoms with E-state index in [1.54, 1.807) is 0 Å². The number of aromatic nitrogens is 1. The van der Waals surface area contributed by atoms with Crippen LogP contribution in [0.3, 0.4) is 0 Å². The van der Waals surface area contributed by atoms with Gasteiger partial charge in [0.1, 0.15) is 0 Å². The second-order valence-corrected chi connectivity index (χ2v) is 12.0. The van der Waals surface area contributed by atoms with Gasteiger partial charge >= 0.3 is 0 Å². The Morgan fingerprint density at radius 1 is 0.769 bits per heavy atom. The lowest BCUT2D eigenvalue weighted by molar-refractivity contribution is 0.644. The molecule has 3 nitrogen and oxygen atoms in total. The lowest BCUT2D eigenvalue weighted by Crippen LogP contribution is -2.26. The van der Waals surface area contributed by atoms with E-state index in [1.165, 1.54) is 66.8 Å². The van der Waals surface area contributed by atoms with E-state index >= 15 is 0 Å². The summed E-state index contributed by atoms with van der Waals surface area (Å²) in [5.41, 5.74) is 14.5. The third-order valence-corrected chi connectivity index (χ3v) is 9.20. The molecule has 2 N–H and O–H groups in total. The van der Waals surface area contributed by atoms with Crippen LogP contribution in [-0.4, -0.2) is 17.3 Å². The molecule has 0 radical (unpaired) electrons. The molecule has 2 aliphatic carbocycles. The van der Waals surface area contributed by atoms with Crippen LogP contribution in [-0.2, 0) is 13.0 Å². The third-order valence-electron chi connectivity index (χ3n) is 9.20. The molecule has 0 saturated heterocycles. The first kappa shape index (κ1) is 41.4. The minimum absolute atomic E-state index is 0.198. The van der Waals surface area contributed by atoms with Gasteiger partial charge in [0.2, 0.25) is 0 Å². The highest BCUT2D eigenvalue weighted by Crippen LogP contribution is 2.35. The minimum atomic E-state index is 0.198. The Morgan fingerprint density at radius 2 is 1.42 bits per heavy atom. The number of hydrogen-bond donors (Lipinski definition) is 2. The van der Waals surface area contributed by atoms with Crippen LogP contribution < -0.4 is 5.32 Å². The molecule has 1 atom stereocenters. The lowest BCUT2D eigenvalue weighted by Gasteiger charge is -2.21. The van der Waals surface area contributed by atoms with Gasteiger partial charge in [-0.2, -0.15) is 0 Å². The zero-order chi connectivity index (χ0) is 37.9. The molecular formula is C49H61N3. The van der Waals surface area contributed by atoms with Crippen molar-refractivity contribution < 1.29 is 0 Å². The number of hydrogen-bond acceptors (Lipinski definition) is 2. The molecule has 1 unspecified atom stereocenters. The van der Waals surface area contributed by atoms with E-state index in [2.05, 4.69) is 164 Å². The van der Waals surface area contributed by atoms with Crippen molar-refractivity contribution >= 4 is 34.8 Å². The number of rotatable bonds is 8. The van der Waals surface area contributed by atoms with Gasteiger partial charge < -0.3 is 15.3 Å². The summed E-state index contributed by atoms with van der Waals surface area (Å²) in [6.45, 7) is 19.8. The summed E-state index contributed by atoms with van der Waals surface area (Å²) in [5.74, 6) is 0. The largest absolute Gasteiger partial charge is 0.317 e. The zero-order valence-corrected chi connectivity index (χ0v) is 33.0. The van der Waals surface area contributed by atoms with Gasteiger partial charge in [-0.3, -0.25) is 0 Å². The average Bonchev–Trinajstić information content (AvgIpc) is 3.58. The molecule has 2 aliphatic rings. The van der Waals surface area contributed by atoms with Gasteiger partial charge in [-0.25, -0.2) is 0 Å². The smallest absolute Gasteiger partial charge is 0.0537 e. The molecule has 0 aliphatic heterocycles. The highest BCUT2D eigenvalue weighted by Gasteiger charge is 2.18. The monoisotopic (exact) mass is 691 g/mol. The zero-order valence-electron chi connectivity index (χ0n) is 33.0. The van der Waals surface area contributed by atoms with E-state index in [1.807, 2.05) is 41.5 Å². The summed E-state index contributed by atoms with van der Waals surface area (Å²) in [7, 11) is 0. The highest BCUT2D eigenvalue weighted by molar-refractivity contribution is 5.90. The Kier molecular flexibility index (Phi) is 17.6. The second kappa shape index (κ2) is 22.1. The van der Waals surface area contributed by atoms with Gasteiger partial charge in [0, 0.05) is 29.4 Å². The maximum absolute atomic E-state index is 5.50. The molecule has 272 valence electrons. The molecule has 52 heavy (non-hydrogen) atoms. The van der Waals surface area contributed by atoms with Gasteiger partial charge in [-0.15, -0.1) is 0 Å². The van der Waals surface area contributed by atoms with E-state index in [0.29, 0.717) is 0 Å². The van der Waals surface area contributed by atoms with Gasteiger partial charge in [-0.1, -0.05) is 133 Å². The van der Waals surface area contributed by atoms with E-state index < -0.39 is 0 Å². The first-order chi connectivity index (χ1) is 25.7. The molecule has 0 amide bonds. The van der Waals surface area contributed by atoms with Crippen LogP contribution in [0.2, 0.25) is 0 Å². The fraction of sp³-hybridized carbons (Fsp3) is 0.286. The van der Waals surface area contributed by atoms with Crippen LogP contribution >= 0.6 is 0 Å². The van der Waals surface area contributed by atoms with E-state index in [-0.39, 0.29) is 6.04 Å². The predicted molar refractivity (Wildman–Crippen MR) is 233 cm³/mol. The van der Waals surface area contributed by atoms with Crippen LogP contribution in [0.4, 0.5) is 0 Å². The van der Waals surface area contributed by atoms with Crippen molar-refractivity contribution in [2.45, 2.75) is 93.7 Å². The molecule has 4 aromatic carbocycles. The van der Waals surface area contributed by atoms with Crippen LogP contribution in [0.5, 0.6) is 0 Å². The number of nitrogens with one attached hydrogen (secondary N) is 2. The first-order valence-electron chi connectivity index (χ1n) is 19.4. The summed E-state index contributed by atoms with van der Waals surface area (Å²) in [6.07, 6.45) is 18.0. The van der Waals surface area contributed by atoms with Crippen LogP contribution in [0.25, 0.3) is 44.9 Å². The SMILES string of the molecule is C/C=C(/c1cc(C2=CC=CCC2)cc(-c2ccccc2)c1)C(C)NCc1ccc(-n2c3c(c4ccccc42)CCC=C3)cc1.C=N.CC.CC.CC. The number of para-hydroxylation sites is 1. The summed E-state index contributed by atoms with van der Waals surface area (Å²) in [6, 6.07) is 36.0. The highest BCUT2D eigenvalue weighted by atomic mass is 15.0. The quantitative estimate of drug-likeness (QED) is 0.156. The number of nitrogens with zero attached hydrogens (tertiary/aromatic N) is 1. The Balaban J connectivity index is 0.000000855. The molecule has 7 rings (SSSR count). The second-order valence-electron chi connectivity index (χ2n) is 12.0. The molecular weight excluding hydrogens is 631 g/mol. The van der Waals surface area contributed by atoms with Gasteiger partial charge in [0.25, 0.3) is 0 Å². The fourth-order valence-corrected chi connectivity index (χ4v) is 6.90. The van der Waals surface area contributed by atoms with E-state index in [4.69, 9.17) is 5.41 Å². The average molecular weight is 692 g/mol. The molecule has 1 heterocycles. The van der Waals surface area contributed by atoms with Crippen LogP contribution in [0, 0.1) is 5.41 Å². The van der Waals surface area contributed by atoms with Gasteiger partial charge in [0.15, 0.2) is 0 Å². The summed E-state index contributed by atoms with van der Waals surface area (Å²) in [5, 5.41) is 10.7. The topological polar surface area (TPSA) is 40.8 Å². The Hall–Kier alpha value is -4.99. The first-order valence-corrected chi connectivity index (χ1v) is 19.4. The Bertz CT molecular complexity index is 1930. The number of fused-ring (bicyclic) bond motifs is 3. The number of allylic oxidation sites excluding steroid dienone is 6. The van der Waals surface area contributed by atoms with Gasteiger partial charge in [0.05, 0.1) is 5.52 Å². The fourth-order valence-electron chi connectivity index (χ4n) is 6.90. The van der Waals surface area contributed by atoms with Crippen molar-refractivity contribution in [3.8, 4) is 16.8 Å². The third kappa shape index (κ3) is 9.86. The number of aryl methyl sites for hydroxylation is 1. The Labute approximate surface area is 315 Å². The summed E-state index contributed by atoms with van der Waals surface area (Å²) < 4.78 is 2.42. The van der Waals surface area contributed by atoms with Crippen LogP contribution in [0.15, 0.2) is 127 Å². The molecule has 0 bridgehead atoms. The van der Waals surface area contributed by atoms with Crippen molar-refractivity contribution in [2.24, 2.45) is 0 Å². The maximum Gasteiger partial charge on any atom is 0.0537 e. The molecule has 5 aromatic rings. The lowest BCUT2D eigenvalue weighted by atomic mass is 9.89. The molecule has 0 spiro atoms. The van der Waals surface area contributed by atoms with Crippen molar-refractivity contribution in [1.29, 1.82) is 5.41 Å². The standard InChI is InChI=1S/C42H40N2.3C2H6.CH3N/c1-3-38(36-27-34(32-14-6-4-7-15-32)26-35(28-36)33-16-8-5-9-17-33)30(2)43-29-31-22-24-37(25-23-31)44-41-20-12-10-18-39(41)40-19-11-13-21-42(40)44;4*1-2/h3-8,10,12-16,18,20-28,30,43H,9,11,17,19,29H2,1-2H3;3*1-2H3;2H,1H2/b38-3+;;;;. The molecule has 3 heteroatoms. The van der Waals surface area contributed by atoms with Gasteiger partial charge in [-0.05, 0) is 133 Å². The van der Waals surface area contributed by atoms with E-state index in [0.717, 1.165) is 32.2 Å². The van der Waals surface area contributed by atoms with Crippen molar-refractivity contribution in [1.82, 2.24) is 9.88 Å². The minimum Gasteiger partial charge on any atom is -0.317 e.